The van der Waals surface area contributed by atoms with Crippen molar-refractivity contribution in [3.63, 3.8) is 0 Å². The van der Waals surface area contributed by atoms with Crippen LogP contribution in [0.2, 0.25) is 0 Å². The molecular weight excluding hydrogens is 326 g/mol. The quantitative estimate of drug-likeness (QED) is 0.390. The van der Waals surface area contributed by atoms with Gasteiger partial charge in [0.2, 0.25) is 10.0 Å². The van der Waals surface area contributed by atoms with Crippen LogP contribution in [-0.2, 0) is 16.6 Å². The van der Waals surface area contributed by atoms with Gasteiger partial charge < -0.3 is 10.6 Å². The van der Waals surface area contributed by atoms with E-state index in [-0.39, 0.29) is 11.4 Å². The third-order valence-electron chi connectivity index (χ3n) is 3.18. The first-order valence-corrected chi connectivity index (χ1v) is 8.98. The van der Waals surface area contributed by atoms with Crippen LogP contribution in [0, 0.1) is 0 Å². The Kier molecular flexibility index (Phi) is 6.71. The SMILES string of the molecule is CN=C(NCCNS(=O)(=O)c1cccnc1)NCc1ccccc1. The van der Waals surface area contributed by atoms with Crippen LogP contribution in [-0.4, -0.2) is 39.5 Å². The molecule has 1 aromatic heterocycles. The van der Waals surface area contributed by atoms with Crippen LogP contribution >= 0.6 is 0 Å². The number of nitrogens with one attached hydrogen (secondary N) is 3. The molecule has 2 rings (SSSR count). The van der Waals surface area contributed by atoms with Gasteiger partial charge in [0.25, 0.3) is 0 Å². The fourth-order valence-electron chi connectivity index (χ4n) is 1.96. The van der Waals surface area contributed by atoms with Crippen molar-refractivity contribution in [1.29, 1.82) is 0 Å². The van der Waals surface area contributed by atoms with Crippen molar-refractivity contribution in [2.75, 3.05) is 20.1 Å². The Bertz CT molecular complexity index is 749. The van der Waals surface area contributed by atoms with Gasteiger partial charge in [0.1, 0.15) is 4.90 Å². The molecule has 2 aromatic rings. The van der Waals surface area contributed by atoms with Gasteiger partial charge in [-0.1, -0.05) is 30.3 Å². The molecule has 7 nitrogen and oxygen atoms in total. The minimum atomic E-state index is -3.53. The number of hydrogen-bond donors (Lipinski definition) is 3. The molecule has 0 spiro atoms. The molecule has 0 fully saturated rings. The van der Waals surface area contributed by atoms with Gasteiger partial charge in [-0.2, -0.15) is 0 Å². The van der Waals surface area contributed by atoms with Crippen LogP contribution in [0.4, 0.5) is 0 Å². The normalized spacial score (nSPS) is 12.0. The van der Waals surface area contributed by atoms with E-state index in [1.807, 2.05) is 30.3 Å². The second kappa shape index (κ2) is 8.99. The van der Waals surface area contributed by atoms with Crippen LogP contribution in [0.5, 0.6) is 0 Å². The summed E-state index contributed by atoms with van der Waals surface area (Å²) < 4.78 is 26.6. The Morgan fingerprint density at radius 3 is 2.54 bits per heavy atom. The predicted molar refractivity (Wildman–Crippen MR) is 94.1 cm³/mol. The number of pyridine rings is 1. The number of aliphatic imine (C=N–C) groups is 1. The van der Waals surface area contributed by atoms with Gasteiger partial charge in [0, 0.05) is 39.1 Å². The lowest BCUT2D eigenvalue weighted by Crippen LogP contribution is -2.41. The molecule has 0 saturated heterocycles. The van der Waals surface area contributed by atoms with E-state index in [2.05, 4.69) is 25.3 Å². The van der Waals surface area contributed by atoms with Gasteiger partial charge in [0.05, 0.1) is 0 Å². The van der Waals surface area contributed by atoms with Crippen molar-refractivity contribution < 1.29 is 8.42 Å². The monoisotopic (exact) mass is 347 g/mol. The summed E-state index contributed by atoms with van der Waals surface area (Å²) in [6, 6.07) is 13.0. The molecule has 1 aromatic carbocycles. The number of hydrogen-bond acceptors (Lipinski definition) is 4. The van der Waals surface area contributed by atoms with Crippen LogP contribution in [0.1, 0.15) is 5.56 Å². The van der Waals surface area contributed by atoms with Gasteiger partial charge in [-0.25, -0.2) is 13.1 Å². The number of rotatable bonds is 7. The fraction of sp³-hybridized carbons (Fsp3) is 0.250. The first-order chi connectivity index (χ1) is 11.6. The number of aromatic nitrogens is 1. The summed E-state index contributed by atoms with van der Waals surface area (Å²) >= 11 is 0. The summed E-state index contributed by atoms with van der Waals surface area (Å²) in [5.41, 5.74) is 1.14. The number of guanidine groups is 1. The molecule has 3 N–H and O–H groups in total. The molecule has 0 saturated carbocycles. The molecule has 0 radical (unpaired) electrons. The molecule has 8 heteroatoms. The zero-order valence-corrected chi connectivity index (χ0v) is 14.3. The Morgan fingerprint density at radius 2 is 1.88 bits per heavy atom. The molecule has 24 heavy (non-hydrogen) atoms. The van der Waals surface area contributed by atoms with E-state index in [4.69, 9.17) is 0 Å². The van der Waals surface area contributed by atoms with Gasteiger partial charge in [0.15, 0.2) is 5.96 Å². The highest BCUT2D eigenvalue weighted by Gasteiger charge is 2.12. The topological polar surface area (TPSA) is 95.5 Å². The Hall–Kier alpha value is -2.45. The molecule has 0 atom stereocenters. The standard InChI is InChI=1S/C16H21N5O2S/c1-17-16(20-12-14-6-3-2-4-7-14)19-10-11-21-24(22,23)15-8-5-9-18-13-15/h2-9,13,21H,10-12H2,1H3,(H2,17,19,20). The Balaban J connectivity index is 1.74. The van der Waals surface area contributed by atoms with Crippen molar-refractivity contribution in [3.8, 4) is 0 Å². The summed E-state index contributed by atoms with van der Waals surface area (Å²) in [6.07, 6.45) is 2.85. The van der Waals surface area contributed by atoms with E-state index in [9.17, 15) is 8.42 Å². The van der Waals surface area contributed by atoms with E-state index < -0.39 is 10.0 Å². The maximum atomic E-state index is 12.0. The molecule has 0 aliphatic heterocycles. The van der Waals surface area contributed by atoms with Crippen molar-refractivity contribution in [3.05, 3.63) is 60.4 Å². The second-order valence-corrected chi connectivity index (χ2v) is 6.69. The highest BCUT2D eigenvalue weighted by molar-refractivity contribution is 7.89. The number of nitrogens with zero attached hydrogens (tertiary/aromatic N) is 2. The summed E-state index contributed by atoms with van der Waals surface area (Å²) in [6.45, 7) is 1.29. The second-order valence-electron chi connectivity index (χ2n) is 4.92. The number of sulfonamides is 1. The summed E-state index contributed by atoms with van der Waals surface area (Å²) in [5.74, 6) is 0.611. The third-order valence-corrected chi connectivity index (χ3v) is 4.63. The van der Waals surface area contributed by atoms with Crippen LogP contribution in [0.3, 0.4) is 0 Å². The smallest absolute Gasteiger partial charge is 0.242 e. The number of benzene rings is 1. The van der Waals surface area contributed by atoms with Crippen LogP contribution in [0.15, 0.2) is 64.7 Å². The van der Waals surface area contributed by atoms with Crippen molar-refractivity contribution in [2.45, 2.75) is 11.4 Å². The fourth-order valence-corrected chi connectivity index (χ4v) is 2.95. The van der Waals surface area contributed by atoms with Crippen molar-refractivity contribution in [2.24, 2.45) is 4.99 Å². The van der Waals surface area contributed by atoms with Crippen molar-refractivity contribution in [1.82, 2.24) is 20.3 Å². The van der Waals surface area contributed by atoms with Gasteiger partial charge in [-0.3, -0.25) is 9.98 Å². The molecule has 1 heterocycles. The zero-order valence-electron chi connectivity index (χ0n) is 13.4. The molecule has 0 aliphatic rings. The highest BCUT2D eigenvalue weighted by Crippen LogP contribution is 2.04. The van der Waals surface area contributed by atoms with E-state index >= 15 is 0 Å². The summed E-state index contributed by atoms with van der Waals surface area (Å²) in [4.78, 5) is 8.06. The molecule has 128 valence electrons. The third kappa shape index (κ3) is 5.64. The Labute approximate surface area is 142 Å². The average Bonchev–Trinajstić information content (AvgIpc) is 2.63. The van der Waals surface area contributed by atoms with Crippen molar-refractivity contribution >= 4 is 16.0 Å². The first kappa shape index (κ1) is 17.9. The summed E-state index contributed by atoms with van der Waals surface area (Å²) in [7, 11) is -1.87. The maximum Gasteiger partial charge on any atom is 0.242 e. The minimum absolute atomic E-state index is 0.150. The van der Waals surface area contributed by atoms with Gasteiger partial charge >= 0.3 is 0 Å². The molecular formula is C16H21N5O2S. The van der Waals surface area contributed by atoms with E-state index in [0.717, 1.165) is 5.56 Å². The zero-order chi connectivity index (χ0) is 17.3. The predicted octanol–water partition coefficient (Wildman–Crippen LogP) is 0.725. The molecule has 0 aliphatic carbocycles. The van der Waals surface area contributed by atoms with E-state index in [0.29, 0.717) is 19.0 Å². The lowest BCUT2D eigenvalue weighted by molar-refractivity contribution is 0.580. The largest absolute Gasteiger partial charge is 0.355 e. The average molecular weight is 347 g/mol. The minimum Gasteiger partial charge on any atom is -0.355 e. The Morgan fingerprint density at radius 1 is 1.08 bits per heavy atom. The van der Waals surface area contributed by atoms with Crippen LogP contribution < -0.4 is 15.4 Å². The summed E-state index contributed by atoms with van der Waals surface area (Å²) in [5, 5.41) is 6.23. The van der Waals surface area contributed by atoms with Crippen LogP contribution in [0.25, 0.3) is 0 Å². The maximum absolute atomic E-state index is 12.0. The molecule has 0 unspecified atom stereocenters. The lowest BCUT2D eigenvalue weighted by atomic mass is 10.2. The van der Waals surface area contributed by atoms with Gasteiger partial charge in [-0.05, 0) is 17.7 Å². The first-order valence-electron chi connectivity index (χ1n) is 7.50. The van der Waals surface area contributed by atoms with Gasteiger partial charge in [-0.15, -0.1) is 0 Å². The van der Waals surface area contributed by atoms with E-state index in [1.165, 1.54) is 18.5 Å². The highest BCUT2D eigenvalue weighted by atomic mass is 32.2. The molecule has 0 bridgehead atoms. The van der Waals surface area contributed by atoms with E-state index in [1.54, 1.807) is 13.1 Å². The molecule has 0 amide bonds. The lowest BCUT2D eigenvalue weighted by Gasteiger charge is -2.12.